The number of benzene rings is 1. The van der Waals surface area contributed by atoms with Gasteiger partial charge in [0.15, 0.2) is 0 Å². The molecule has 1 aliphatic heterocycles. The lowest BCUT2D eigenvalue weighted by molar-refractivity contribution is -0.132. The van der Waals surface area contributed by atoms with Crippen LogP contribution in [0.25, 0.3) is 0 Å². The maximum absolute atomic E-state index is 12.5. The molecule has 1 unspecified atom stereocenters. The molecular formula is C19H26N4O. The van der Waals surface area contributed by atoms with Gasteiger partial charge in [-0.2, -0.15) is 5.10 Å². The van der Waals surface area contributed by atoms with E-state index in [9.17, 15) is 4.79 Å². The minimum atomic E-state index is -0.223. The Balaban J connectivity index is 1.51. The van der Waals surface area contributed by atoms with E-state index in [2.05, 4.69) is 18.2 Å². The zero-order valence-electron chi connectivity index (χ0n) is 14.3. The number of carbonyl (C=O) groups excluding carboxylic acids is 1. The lowest BCUT2D eigenvalue weighted by Gasteiger charge is -2.32. The zero-order chi connectivity index (χ0) is 16.9. The van der Waals surface area contributed by atoms with Gasteiger partial charge in [0.05, 0.1) is 6.20 Å². The van der Waals surface area contributed by atoms with Crippen molar-refractivity contribution in [3.63, 3.8) is 0 Å². The van der Waals surface area contributed by atoms with Crippen molar-refractivity contribution in [2.24, 2.45) is 5.73 Å². The van der Waals surface area contributed by atoms with Gasteiger partial charge in [0.1, 0.15) is 0 Å². The fourth-order valence-electron chi connectivity index (χ4n) is 3.36. The predicted molar refractivity (Wildman–Crippen MR) is 94.4 cm³/mol. The number of carbonyl (C=O) groups is 1. The molecule has 0 aliphatic carbocycles. The molecular weight excluding hydrogens is 300 g/mol. The van der Waals surface area contributed by atoms with Crippen molar-refractivity contribution in [1.29, 1.82) is 0 Å². The summed E-state index contributed by atoms with van der Waals surface area (Å²) in [6.07, 6.45) is 6.48. The van der Waals surface area contributed by atoms with Gasteiger partial charge < -0.3 is 10.6 Å². The van der Waals surface area contributed by atoms with E-state index in [0.29, 0.717) is 12.3 Å². The summed E-state index contributed by atoms with van der Waals surface area (Å²) >= 11 is 0. The van der Waals surface area contributed by atoms with E-state index >= 15 is 0 Å². The van der Waals surface area contributed by atoms with Gasteiger partial charge in [-0.1, -0.05) is 30.3 Å². The van der Waals surface area contributed by atoms with Crippen molar-refractivity contribution in [1.82, 2.24) is 14.7 Å². The van der Waals surface area contributed by atoms with Crippen LogP contribution in [0.5, 0.6) is 0 Å². The van der Waals surface area contributed by atoms with Gasteiger partial charge in [-0.25, -0.2) is 0 Å². The van der Waals surface area contributed by atoms with E-state index in [1.54, 1.807) is 0 Å². The summed E-state index contributed by atoms with van der Waals surface area (Å²) < 4.78 is 1.96. The summed E-state index contributed by atoms with van der Waals surface area (Å²) in [6.45, 7) is 4.60. The van der Waals surface area contributed by atoms with E-state index in [-0.39, 0.29) is 11.9 Å². The Kier molecular flexibility index (Phi) is 5.30. The molecule has 0 radical (unpaired) electrons. The number of piperidine rings is 1. The van der Waals surface area contributed by atoms with Crippen molar-refractivity contribution >= 4 is 5.91 Å². The molecule has 0 spiro atoms. The van der Waals surface area contributed by atoms with E-state index in [0.717, 1.165) is 38.0 Å². The van der Waals surface area contributed by atoms with Crippen LogP contribution in [0.2, 0.25) is 0 Å². The Labute approximate surface area is 143 Å². The van der Waals surface area contributed by atoms with Crippen LogP contribution < -0.4 is 5.73 Å². The molecule has 2 aromatic rings. The molecule has 1 saturated heterocycles. The normalized spacial score (nSPS) is 17.0. The van der Waals surface area contributed by atoms with Crippen LogP contribution in [0, 0.1) is 0 Å². The van der Waals surface area contributed by atoms with Crippen LogP contribution in [-0.4, -0.2) is 33.7 Å². The summed E-state index contributed by atoms with van der Waals surface area (Å²) in [7, 11) is 0. The maximum atomic E-state index is 12.5. The highest BCUT2D eigenvalue weighted by molar-refractivity contribution is 5.77. The highest BCUT2D eigenvalue weighted by atomic mass is 16.2. The molecule has 1 atom stereocenters. The number of aryl methyl sites for hydroxylation is 1. The summed E-state index contributed by atoms with van der Waals surface area (Å²) in [5.41, 5.74) is 8.50. The molecule has 128 valence electrons. The second kappa shape index (κ2) is 7.62. The smallest absolute Gasteiger partial charge is 0.224 e. The van der Waals surface area contributed by atoms with E-state index in [1.165, 1.54) is 5.56 Å². The second-order valence-corrected chi connectivity index (χ2v) is 6.51. The first-order valence-electron chi connectivity index (χ1n) is 8.78. The number of hydrogen-bond acceptors (Lipinski definition) is 3. The number of rotatable bonds is 5. The quantitative estimate of drug-likeness (QED) is 0.919. The third kappa shape index (κ3) is 3.85. The van der Waals surface area contributed by atoms with Crippen LogP contribution in [0.4, 0.5) is 0 Å². The van der Waals surface area contributed by atoms with Crippen LogP contribution in [0.1, 0.15) is 49.3 Å². The van der Waals surface area contributed by atoms with Gasteiger partial charge in [-0.15, -0.1) is 0 Å². The Hall–Kier alpha value is -2.14. The molecule has 2 N–H and O–H groups in total. The predicted octanol–water partition coefficient (Wildman–Crippen LogP) is 2.70. The van der Waals surface area contributed by atoms with Crippen LogP contribution >= 0.6 is 0 Å². The molecule has 2 heterocycles. The topological polar surface area (TPSA) is 64.2 Å². The summed E-state index contributed by atoms with van der Waals surface area (Å²) in [6, 6.07) is 9.62. The Morgan fingerprint density at radius 2 is 2.00 bits per heavy atom. The second-order valence-electron chi connectivity index (χ2n) is 6.51. The number of likely N-dealkylation sites (tertiary alicyclic amines) is 1. The fraction of sp³-hybridized carbons (Fsp3) is 0.474. The van der Waals surface area contributed by atoms with Crippen molar-refractivity contribution in [3.05, 3.63) is 53.9 Å². The standard InChI is InChI=1S/C19H26N4O/c1-2-23-14-17(13-21-23)15-8-10-22(11-9-15)19(24)12-18(20)16-6-4-3-5-7-16/h3-7,13-15,18H,2,8-12,20H2,1H3. The molecule has 24 heavy (non-hydrogen) atoms. The fourth-order valence-corrected chi connectivity index (χ4v) is 3.36. The first-order valence-corrected chi connectivity index (χ1v) is 8.78. The Bertz CT molecular complexity index is 659. The molecule has 1 aromatic heterocycles. The number of aromatic nitrogens is 2. The third-order valence-electron chi connectivity index (χ3n) is 4.92. The first kappa shape index (κ1) is 16.7. The van der Waals surface area contributed by atoms with E-state index < -0.39 is 0 Å². The summed E-state index contributed by atoms with van der Waals surface area (Å²) in [4.78, 5) is 14.5. The zero-order valence-corrected chi connectivity index (χ0v) is 14.3. The molecule has 5 heteroatoms. The molecule has 3 rings (SSSR count). The van der Waals surface area contributed by atoms with Crippen molar-refractivity contribution < 1.29 is 4.79 Å². The average molecular weight is 326 g/mol. The Morgan fingerprint density at radius 1 is 1.29 bits per heavy atom. The molecule has 0 saturated carbocycles. The van der Waals surface area contributed by atoms with Gasteiger partial charge in [0.25, 0.3) is 0 Å². The van der Waals surface area contributed by atoms with Gasteiger partial charge in [-0.05, 0) is 36.8 Å². The lowest BCUT2D eigenvalue weighted by Crippen LogP contribution is -2.39. The van der Waals surface area contributed by atoms with Gasteiger partial charge in [0, 0.05) is 38.3 Å². The van der Waals surface area contributed by atoms with Crippen LogP contribution in [0.3, 0.4) is 0 Å². The SMILES string of the molecule is CCn1cc(C2CCN(C(=O)CC(N)c3ccccc3)CC2)cn1. The maximum Gasteiger partial charge on any atom is 0.224 e. The minimum Gasteiger partial charge on any atom is -0.343 e. The molecule has 0 bridgehead atoms. The minimum absolute atomic E-state index is 0.161. The van der Waals surface area contributed by atoms with Gasteiger partial charge in [-0.3, -0.25) is 9.48 Å². The molecule has 1 fully saturated rings. The average Bonchev–Trinajstić information content (AvgIpc) is 3.11. The van der Waals surface area contributed by atoms with Crippen LogP contribution in [-0.2, 0) is 11.3 Å². The molecule has 1 aliphatic rings. The number of nitrogens with two attached hydrogens (primary N) is 1. The third-order valence-corrected chi connectivity index (χ3v) is 4.92. The van der Waals surface area contributed by atoms with Crippen molar-refractivity contribution in [3.8, 4) is 0 Å². The van der Waals surface area contributed by atoms with E-state index in [4.69, 9.17) is 5.73 Å². The molecule has 1 aromatic carbocycles. The molecule has 5 nitrogen and oxygen atoms in total. The van der Waals surface area contributed by atoms with Gasteiger partial charge >= 0.3 is 0 Å². The monoisotopic (exact) mass is 326 g/mol. The highest BCUT2D eigenvalue weighted by Crippen LogP contribution is 2.28. The molecule has 1 amide bonds. The largest absolute Gasteiger partial charge is 0.343 e. The number of nitrogens with zero attached hydrogens (tertiary/aromatic N) is 3. The lowest BCUT2D eigenvalue weighted by atomic mass is 9.91. The summed E-state index contributed by atoms with van der Waals surface area (Å²) in [5.74, 6) is 0.672. The first-order chi connectivity index (χ1) is 11.7. The van der Waals surface area contributed by atoms with Crippen molar-refractivity contribution in [2.45, 2.75) is 44.7 Å². The number of hydrogen-bond donors (Lipinski definition) is 1. The van der Waals surface area contributed by atoms with Crippen LogP contribution in [0.15, 0.2) is 42.7 Å². The number of amides is 1. The highest BCUT2D eigenvalue weighted by Gasteiger charge is 2.25. The Morgan fingerprint density at radius 3 is 2.62 bits per heavy atom. The summed E-state index contributed by atoms with van der Waals surface area (Å²) in [5, 5.41) is 4.36. The van der Waals surface area contributed by atoms with Crippen molar-refractivity contribution in [2.75, 3.05) is 13.1 Å². The van der Waals surface area contributed by atoms with E-state index in [1.807, 2.05) is 46.1 Å². The van der Waals surface area contributed by atoms with Gasteiger partial charge in [0.2, 0.25) is 5.91 Å².